The molecular weight excluding hydrogens is 262 g/mol. The van der Waals surface area contributed by atoms with Crippen LogP contribution in [0.3, 0.4) is 0 Å². The summed E-state index contributed by atoms with van der Waals surface area (Å²) >= 11 is 0. The predicted molar refractivity (Wildman–Crippen MR) is 69.3 cm³/mol. The third-order valence-electron chi connectivity index (χ3n) is 3.85. The van der Waals surface area contributed by atoms with E-state index in [1.165, 1.54) is 0 Å². The van der Waals surface area contributed by atoms with Crippen LogP contribution >= 0.6 is 0 Å². The first-order valence-electron chi connectivity index (χ1n) is 6.38. The number of benzene rings is 1. The molecule has 0 saturated heterocycles. The van der Waals surface area contributed by atoms with Crippen LogP contribution in [0.15, 0.2) is 12.1 Å². The number of carboxylic acid groups (broad SMARTS) is 1. The van der Waals surface area contributed by atoms with Crippen molar-refractivity contribution in [1.82, 2.24) is 0 Å². The van der Waals surface area contributed by atoms with Crippen LogP contribution in [-0.2, 0) is 11.2 Å². The Morgan fingerprint density at radius 3 is 2.70 bits per heavy atom. The first kappa shape index (κ1) is 14.5. The molecule has 6 heteroatoms. The van der Waals surface area contributed by atoms with Gasteiger partial charge < -0.3 is 15.3 Å². The van der Waals surface area contributed by atoms with E-state index < -0.39 is 5.97 Å². The fourth-order valence-electron chi connectivity index (χ4n) is 2.87. The number of rotatable bonds is 3. The lowest BCUT2D eigenvalue weighted by Gasteiger charge is -2.16. The van der Waals surface area contributed by atoms with Gasteiger partial charge in [-0.05, 0) is 26.3 Å². The molecule has 2 atom stereocenters. The monoisotopic (exact) mass is 279 g/mol. The van der Waals surface area contributed by atoms with Crippen molar-refractivity contribution in [2.45, 2.75) is 38.2 Å². The van der Waals surface area contributed by atoms with Gasteiger partial charge in [-0.2, -0.15) is 0 Å². The molecule has 1 aliphatic heterocycles. The third kappa shape index (κ3) is 2.27. The number of aliphatic carboxylic acids is 1. The van der Waals surface area contributed by atoms with Crippen molar-refractivity contribution in [1.29, 1.82) is 0 Å². The summed E-state index contributed by atoms with van der Waals surface area (Å²) in [7, 11) is 0. The Balaban J connectivity index is 0.00000147. The van der Waals surface area contributed by atoms with E-state index in [2.05, 4.69) is 0 Å². The van der Waals surface area contributed by atoms with E-state index in [4.69, 9.17) is 9.84 Å². The summed E-state index contributed by atoms with van der Waals surface area (Å²) in [6.07, 6.45) is 1.34. The molecule has 1 aromatic rings. The topological polar surface area (TPSA) is 108 Å². The summed E-state index contributed by atoms with van der Waals surface area (Å²) in [5.74, 6) is -0.482. The number of fused-ring (bicyclic) bond motifs is 1. The smallest absolute Gasteiger partial charge is 0.307 e. The quantitative estimate of drug-likeness (QED) is 0.854. The highest BCUT2D eigenvalue weighted by atomic mass is 16.5. The number of carboxylic acids is 1. The van der Waals surface area contributed by atoms with E-state index in [0.717, 1.165) is 23.3 Å². The number of nitrogens with one attached hydrogen (secondary N) is 1. The molecule has 2 unspecified atom stereocenters. The maximum absolute atomic E-state index is 11.1. The van der Waals surface area contributed by atoms with Crippen molar-refractivity contribution in [3.05, 3.63) is 28.2 Å². The second-order valence-electron chi connectivity index (χ2n) is 5.97. The van der Waals surface area contributed by atoms with E-state index in [1.807, 2.05) is 25.1 Å². The Hall–Kier alpha value is -1.95. The van der Waals surface area contributed by atoms with Gasteiger partial charge in [-0.25, -0.2) is 0 Å². The standard InChI is InChI=1S/C14H15NO4.H2O/c1-14(2)6-7-3-11(15-18)9(5-12(7)19-14)8-4-10(8)13(16)17;/h3,5,8,10H,4,6H2,1-2H3,(H,16,17);1H2. The average Bonchev–Trinajstić information content (AvgIpc) is 3.04. The molecule has 1 saturated carbocycles. The number of nitroso groups, excluding NO2 is 1. The Kier molecular flexibility index (Phi) is 3.29. The van der Waals surface area contributed by atoms with Crippen molar-refractivity contribution in [3.63, 3.8) is 0 Å². The summed E-state index contributed by atoms with van der Waals surface area (Å²) in [5, 5.41) is 10.9. The van der Waals surface area contributed by atoms with Crippen LogP contribution in [0.1, 0.15) is 37.3 Å². The lowest BCUT2D eigenvalue weighted by molar-refractivity contribution is -0.380. The van der Waals surface area contributed by atoms with Crippen molar-refractivity contribution in [3.8, 4) is 5.75 Å². The molecule has 3 rings (SSSR count). The zero-order chi connectivity index (χ0) is 13.8. The van der Waals surface area contributed by atoms with E-state index >= 15 is 0 Å². The number of hydrogen-bond acceptors (Lipinski definition) is 4. The molecule has 0 bridgehead atoms. The molecular formula is C14H17NO5. The van der Waals surface area contributed by atoms with Crippen molar-refractivity contribution in [2.75, 3.05) is 0 Å². The third-order valence-corrected chi connectivity index (χ3v) is 3.85. The summed E-state index contributed by atoms with van der Waals surface area (Å²) in [5.41, 5.74) is 1.98. The minimum absolute atomic E-state index is 0. The van der Waals surface area contributed by atoms with E-state index in [9.17, 15) is 9.70 Å². The van der Waals surface area contributed by atoms with Gasteiger partial charge in [0, 0.05) is 39.6 Å². The molecule has 0 spiro atoms. The van der Waals surface area contributed by atoms with Gasteiger partial charge in [0.25, 0.3) is 5.69 Å². The van der Waals surface area contributed by atoms with Gasteiger partial charge in [-0.15, -0.1) is 0 Å². The fraction of sp³-hybridized carbons (Fsp3) is 0.500. The molecule has 0 amide bonds. The van der Waals surface area contributed by atoms with Crippen molar-refractivity contribution < 1.29 is 25.3 Å². The molecule has 1 aliphatic carbocycles. The number of ether oxygens (including phenoxy) is 1. The van der Waals surface area contributed by atoms with Gasteiger partial charge in [-0.3, -0.25) is 4.79 Å². The van der Waals surface area contributed by atoms with E-state index in [-0.39, 0.29) is 22.9 Å². The first-order valence-corrected chi connectivity index (χ1v) is 6.38. The van der Waals surface area contributed by atoms with Crippen LogP contribution in [-0.4, -0.2) is 22.2 Å². The average molecular weight is 279 g/mol. The molecule has 1 heterocycles. The molecule has 0 radical (unpaired) electrons. The first-order chi connectivity index (χ1) is 8.91. The molecule has 3 N–H and O–H groups in total. The summed E-state index contributed by atoms with van der Waals surface area (Å²) in [6.45, 7) is 3.99. The van der Waals surface area contributed by atoms with Gasteiger partial charge in [0.15, 0.2) is 0 Å². The maximum Gasteiger partial charge on any atom is 0.307 e. The normalized spacial score (nSPS) is 25.1. The summed E-state index contributed by atoms with van der Waals surface area (Å²) < 4.78 is 5.83. The molecule has 6 nitrogen and oxygen atoms in total. The van der Waals surface area contributed by atoms with Gasteiger partial charge in [0.2, 0.25) is 0 Å². The fourth-order valence-corrected chi connectivity index (χ4v) is 2.87. The Morgan fingerprint density at radius 1 is 1.45 bits per heavy atom. The zero-order valence-corrected chi connectivity index (χ0v) is 11.3. The van der Waals surface area contributed by atoms with Crippen molar-refractivity contribution in [2.24, 2.45) is 5.92 Å². The highest BCUT2D eigenvalue weighted by Gasteiger charge is 2.47. The minimum atomic E-state index is -0.802. The van der Waals surface area contributed by atoms with Crippen LogP contribution < -0.4 is 9.91 Å². The van der Waals surface area contributed by atoms with Gasteiger partial charge in [-0.1, -0.05) is 0 Å². The lowest BCUT2D eigenvalue weighted by Crippen LogP contribution is -2.56. The van der Waals surface area contributed by atoms with Crippen LogP contribution in [0.4, 0.5) is 5.69 Å². The Bertz CT molecular complexity index is 581. The largest absolute Gasteiger partial charge is 0.870 e. The second kappa shape index (κ2) is 4.56. The van der Waals surface area contributed by atoms with Gasteiger partial charge >= 0.3 is 5.97 Å². The van der Waals surface area contributed by atoms with Crippen LogP contribution in [0.2, 0.25) is 0 Å². The van der Waals surface area contributed by atoms with E-state index in [1.54, 1.807) is 6.07 Å². The molecule has 2 aliphatic rings. The van der Waals surface area contributed by atoms with Crippen molar-refractivity contribution >= 4 is 11.7 Å². The highest BCUT2D eigenvalue weighted by molar-refractivity contribution is 5.76. The summed E-state index contributed by atoms with van der Waals surface area (Å²) in [6, 6.07) is 3.63. The molecule has 1 fully saturated rings. The van der Waals surface area contributed by atoms with Gasteiger partial charge in [0.1, 0.15) is 11.4 Å². The molecule has 1 aromatic carbocycles. The maximum atomic E-state index is 11.1. The van der Waals surface area contributed by atoms with Crippen LogP contribution in [0.25, 0.3) is 0 Å². The minimum Gasteiger partial charge on any atom is -0.870 e. The van der Waals surface area contributed by atoms with Crippen LogP contribution in [0, 0.1) is 10.8 Å². The Morgan fingerprint density at radius 2 is 2.15 bits per heavy atom. The lowest BCUT2D eigenvalue weighted by atomic mass is 9.98. The Labute approximate surface area is 116 Å². The summed E-state index contributed by atoms with van der Waals surface area (Å²) in [4.78, 5) is 22.0. The highest BCUT2D eigenvalue weighted by Crippen LogP contribution is 2.51. The van der Waals surface area contributed by atoms with Crippen LogP contribution in [0.5, 0.6) is 5.75 Å². The van der Waals surface area contributed by atoms with E-state index in [0.29, 0.717) is 12.1 Å². The molecule has 108 valence electrons. The SMILES string of the molecule is CC1(C)Cc2cc([NH+]=O)c(C3CC3C(=O)O)cc2O1.[OH-]. The molecule has 20 heavy (non-hydrogen) atoms. The predicted octanol–water partition coefficient (Wildman–Crippen LogP) is 0.890. The second-order valence-corrected chi connectivity index (χ2v) is 5.97. The number of carbonyl (C=O) groups is 1. The number of hydrogen-bond donors (Lipinski definition) is 2. The molecule has 0 aromatic heterocycles. The van der Waals surface area contributed by atoms with Gasteiger partial charge in [0.05, 0.1) is 5.92 Å². The zero-order valence-electron chi connectivity index (χ0n) is 11.3.